The van der Waals surface area contributed by atoms with Gasteiger partial charge in [-0.25, -0.2) is 18.4 Å². The predicted molar refractivity (Wildman–Crippen MR) is 99.9 cm³/mol. The van der Waals surface area contributed by atoms with E-state index in [-0.39, 0.29) is 11.7 Å². The minimum absolute atomic E-state index is 0.233. The molecule has 0 bridgehead atoms. The van der Waals surface area contributed by atoms with Gasteiger partial charge in [0.1, 0.15) is 9.84 Å². The second kappa shape index (κ2) is 7.62. The first kappa shape index (κ1) is 18.0. The number of sulfone groups is 1. The Morgan fingerprint density at radius 1 is 1.24 bits per heavy atom. The van der Waals surface area contributed by atoms with Crippen LogP contribution in [0.25, 0.3) is 11.4 Å². The predicted octanol–water partition coefficient (Wildman–Crippen LogP) is 2.71. The van der Waals surface area contributed by atoms with Gasteiger partial charge in [-0.05, 0) is 38.3 Å². The van der Waals surface area contributed by atoms with Crippen molar-refractivity contribution in [2.24, 2.45) is 5.92 Å². The summed E-state index contributed by atoms with van der Waals surface area (Å²) in [6.45, 7) is 4.65. The van der Waals surface area contributed by atoms with Gasteiger partial charge in [0, 0.05) is 42.9 Å². The van der Waals surface area contributed by atoms with Crippen LogP contribution in [0, 0.1) is 12.8 Å². The normalized spacial score (nSPS) is 19.0. The summed E-state index contributed by atoms with van der Waals surface area (Å²) < 4.78 is 23.0. The van der Waals surface area contributed by atoms with Gasteiger partial charge in [0.25, 0.3) is 0 Å². The van der Waals surface area contributed by atoms with Gasteiger partial charge in [-0.1, -0.05) is 23.8 Å². The third kappa shape index (κ3) is 5.34. The molecule has 3 rings (SSSR count). The SMILES string of the molecule is Cc1cccc(-c2ncc(CN3CCC[C@@H](CS(C)(=O)=O)C3)cn2)c1. The summed E-state index contributed by atoms with van der Waals surface area (Å²) in [5, 5.41) is 0. The molecule has 0 unspecified atom stereocenters. The quantitative estimate of drug-likeness (QED) is 0.821. The van der Waals surface area contributed by atoms with E-state index in [4.69, 9.17) is 0 Å². The molecular formula is C19H25N3O2S. The van der Waals surface area contributed by atoms with Gasteiger partial charge in [-0.2, -0.15) is 0 Å². The number of rotatable bonds is 5. The van der Waals surface area contributed by atoms with Crippen LogP contribution >= 0.6 is 0 Å². The van der Waals surface area contributed by atoms with E-state index in [1.165, 1.54) is 11.8 Å². The lowest BCUT2D eigenvalue weighted by Gasteiger charge is -2.32. The zero-order chi connectivity index (χ0) is 17.9. The topological polar surface area (TPSA) is 63.2 Å². The molecule has 0 aliphatic carbocycles. The molecule has 0 N–H and O–H groups in total. The lowest BCUT2D eigenvalue weighted by Crippen LogP contribution is -2.37. The van der Waals surface area contributed by atoms with Crippen LogP contribution in [0.2, 0.25) is 0 Å². The van der Waals surface area contributed by atoms with E-state index in [1.807, 2.05) is 24.5 Å². The maximum atomic E-state index is 11.5. The molecule has 0 saturated carbocycles. The molecule has 5 nitrogen and oxygen atoms in total. The molecule has 1 fully saturated rings. The molecule has 0 amide bonds. The molecule has 0 spiro atoms. The highest BCUT2D eigenvalue weighted by atomic mass is 32.2. The van der Waals surface area contributed by atoms with E-state index in [9.17, 15) is 8.42 Å². The van der Waals surface area contributed by atoms with Crippen LogP contribution in [0.1, 0.15) is 24.0 Å². The van der Waals surface area contributed by atoms with Crippen molar-refractivity contribution >= 4 is 9.84 Å². The van der Waals surface area contributed by atoms with Crippen molar-refractivity contribution in [3.63, 3.8) is 0 Å². The zero-order valence-electron chi connectivity index (χ0n) is 14.9. The van der Waals surface area contributed by atoms with Gasteiger partial charge in [0.2, 0.25) is 0 Å². The van der Waals surface area contributed by atoms with Crippen molar-refractivity contribution in [2.45, 2.75) is 26.3 Å². The number of piperidine rings is 1. The van der Waals surface area contributed by atoms with Gasteiger partial charge >= 0.3 is 0 Å². The molecule has 6 heteroatoms. The highest BCUT2D eigenvalue weighted by Crippen LogP contribution is 2.20. The highest BCUT2D eigenvalue weighted by molar-refractivity contribution is 7.90. The first-order valence-electron chi connectivity index (χ1n) is 8.67. The molecule has 1 saturated heterocycles. The monoisotopic (exact) mass is 359 g/mol. The van der Waals surface area contributed by atoms with Crippen LogP contribution in [0.5, 0.6) is 0 Å². The number of aromatic nitrogens is 2. The fraction of sp³-hybridized carbons (Fsp3) is 0.474. The van der Waals surface area contributed by atoms with E-state index in [0.29, 0.717) is 0 Å². The van der Waals surface area contributed by atoms with Crippen molar-refractivity contribution in [3.05, 3.63) is 47.8 Å². The first-order valence-corrected chi connectivity index (χ1v) is 10.7. The Bertz CT molecular complexity index is 819. The molecule has 1 atom stereocenters. The Morgan fingerprint density at radius 3 is 2.68 bits per heavy atom. The molecule has 25 heavy (non-hydrogen) atoms. The zero-order valence-corrected chi connectivity index (χ0v) is 15.7. The summed E-state index contributed by atoms with van der Waals surface area (Å²) in [5.74, 6) is 1.25. The van der Waals surface area contributed by atoms with E-state index in [2.05, 4.69) is 33.9 Å². The van der Waals surface area contributed by atoms with E-state index in [0.717, 1.165) is 49.4 Å². The van der Waals surface area contributed by atoms with Crippen LogP contribution < -0.4 is 0 Å². The molecule has 2 aromatic rings. The van der Waals surface area contributed by atoms with Crippen molar-refractivity contribution < 1.29 is 8.42 Å². The van der Waals surface area contributed by atoms with E-state index < -0.39 is 9.84 Å². The summed E-state index contributed by atoms with van der Waals surface area (Å²) in [6, 6.07) is 8.16. The number of nitrogens with zero attached hydrogens (tertiary/aromatic N) is 3. The smallest absolute Gasteiger partial charge is 0.159 e. The van der Waals surface area contributed by atoms with Crippen LogP contribution in [0.15, 0.2) is 36.7 Å². The number of hydrogen-bond acceptors (Lipinski definition) is 5. The van der Waals surface area contributed by atoms with Crippen molar-refractivity contribution in [1.29, 1.82) is 0 Å². The third-order valence-corrected chi connectivity index (χ3v) is 5.61. The van der Waals surface area contributed by atoms with Crippen LogP contribution in [-0.4, -0.2) is 48.4 Å². The molecule has 1 aromatic carbocycles. The van der Waals surface area contributed by atoms with Crippen LogP contribution in [0.3, 0.4) is 0 Å². The molecule has 134 valence electrons. The maximum Gasteiger partial charge on any atom is 0.159 e. The minimum atomic E-state index is -2.91. The number of aryl methyl sites for hydroxylation is 1. The Morgan fingerprint density at radius 2 is 2.00 bits per heavy atom. The molecule has 0 radical (unpaired) electrons. The summed E-state index contributed by atoms with van der Waals surface area (Å²) in [7, 11) is -2.91. The average molecular weight is 359 g/mol. The lowest BCUT2D eigenvalue weighted by atomic mass is 10.00. The van der Waals surface area contributed by atoms with Crippen molar-refractivity contribution in [3.8, 4) is 11.4 Å². The fourth-order valence-corrected chi connectivity index (χ4v) is 4.62. The van der Waals surface area contributed by atoms with Gasteiger partial charge < -0.3 is 0 Å². The van der Waals surface area contributed by atoms with Crippen molar-refractivity contribution in [2.75, 3.05) is 25.1 Å². The van der Waals surface area contributed by atoms with Gasteiger partial charge in [0.05, 0.1) is 5.75 Å². The highest BCUT2D eigenvalue weighted by Gasteiger charge is 2.23. The first-order chi connectivity index (χ1) is 11.9. The average Bonchev–Trinajstić information content (AvgIpc) is 2.54. The van der Waals surface area contributed by atoms with Gasteiger partial charge in [-0.15, -0.1) is 0 Å². The number of hydrogen-bond donors (Lipinski definition) is 0. The van der Waals surface area contributed by atoms with Gasteiger partial charge in [0.15, 0.2) is 5.82 Å². The Kier molecular flexibility index (Phi) is 5.49. The molecule has 2 heterocycles. The molecular weight excluding hydrogens is 334 g/mol. The second-order valence-corrected chi connectivity index (χ2v) is 9.31. The maximum absolute atomic E-state index is 11.5. The van der Waals surface area contributed by atoms with Crippen LogP contribution in [-0.2, 0) is 16.4 Å². The molecule has 1 aromatic heterocycles. The third-order valence-electron chi connectivity index (χ3n) is 4.53. The Balaban J connectivity index is 1.63. The summed E-state index contributed by atoms with van der Waals surface area (Å²) >= 11 is 0. The Hall–Kier alpha value is -1.79. The summed E-state index contributed by atoms with van der Waals surface area (Å²) in [6.07, 6.45) is 7.12. The van der Waals surface area contributed by atoms with E-state index >= 15 is 0 Å². The second-order valence-electron chi connectivity index (χ2n) is 7.12. The number of likely N-dealkylation sites (tertiary alicyclic amines) is 1. The molecule has 1 aliphatic rings. The fourth-order valence-electron chi connectivity index (χ4n) is 3.49. The largest absolute Gasteiger partial charge is 0.299 e. The summed E-state index contributed by atoms with van der Waals surface area (Å²) in [4.78, 5) is 11.3. The number of benzene rings is 1. The molecule has 1 aliphatic heterocycles. The van der Waals surface area contributed by atoms with Gasteiger partial charge in [-0.3, -0.25) is 4.90 Å². The standard InChI is InChI=1S/C19H25N3O2S/c1-15-5-3-7-18(9-15)19-20-10-17(11-21-19)13-22-8-4-6-16(12-22)14-25(2,23)24/h3,5,7,9-11,16H,4,6,8,12-14H2,1-2H3/t16-/m1/s1. The minimum Gasteiger partial charge on any atom is -0.299 e. The van der Waals surface area contributed by atoms with Crippen LogP contribution in [0.4, 0.5) is 0 Å². The van der Waals surface area contributed by atoms with Crippen molar-refractivity contribution in [1.82, 2.24) is 14.9 Å². The summed E-state index contributed by atoms with van der Waals surface area (Å²) in [5.41, 5.74) is 3.28. The lowest BCUT2D eigenvalue weighted by molar-refractivity contribution is 0.177. The van der Waals surface area contributed by atoms with E-state index in [1.54, 1.807) is 0 Å². The Labute approximate surface area is 150 Å².